The van der Waals surface area contributed by atoms with E-state index in [4.69, 9.17) is 5.11 Å². The minimum absolute atomic E-state index is 0.0775. The maximum Gasteiger partial charge on any atom is 0.326 e. The van der Waals surface area contributed by atoms with Crippen molar-refractivity contribution in [2.45, 2.75) is 38.3 Å². The van der Waals surface area contributed by atoms with Crippen LogP contribution in [0.15, 0.2) is 36.9 Å². The number of carboxylic acid groups (broad SMARTS) is 1. The highest BCUT2D eigenvalue weighted by atomic mass is 19.1. The second-order valence-electron chi connectivity index (χ2n) is 5.31. The molecule has 24 heavy (non-hydrogen) atoms. The first-order valence-corrected chi connectivity index (χ1v) is 7.49. The summed E-state index contributed by atoms with van der Waals surface area (Å²) >= 11 is 0. The molecule has 2 amide bonds. The lowest BCUT2D eigenvalue weighted by molar-refractivity contribution is -0.142. The number of carboxylic acids is 1. The molecule has 0 bridgehead atoms. The lowest BCUT2D eigenvalue weighted by Crippen LogP contribution is -2.52. The van der Waals surface area contributed by atoms with Gasteiger partial charge in [-0.2, -0.15) is 0 Å². The van der Waals surface area contributed by atoms with Gasteiger partial charge in [0.05, 0.1) is 0 Å². The van der Waals surface area contributed by atoms with Gasteiger partial charge < -0.3 is 15.7 Å². The number of rotatable bonds is 9. The van der Waals surface area contributed by atoms with Gasteiger partial charge in [0.2, 0.25) is 11.8 Å². The van der Waals surface area contributed by atoms with Gasteiger partial charge >= 0.3 is 5.97 Å². The van der Waals surface area contributed by atoms with E-state index in [1.54, 1.807) is 12.1 Å². The molecule has 1 aromatic carbocycles. The van der Waals surface area contributed by atoms with Crippen molar-refractivity contribution in [1.82, 2.24) is 10.6 Å². The highest BCUT2D eigenvalue weighted by Gasteiger charge is 2.26. The standard InChI is InChI=1S/C17H21FN2O4/c1-3-4-9-14(17(23)24)20-16(22)15(19-11(2)21)10-12-7-5-6-8-13(12)18/h3,5-8,14-15H,1,4,9-10H2,2H3,(H,19,21)(H,20,22)(H,23,24)/t14-,15+/m0/s1. The SMILES string of the molecule is C=CCC[C@H](NC(=O)[C@@H](Cc1ccccc1F)NC(C)=O)C(=O)O. The van der Waals surface area contributed by atoms with E-state index < -0.39 is 35.7 Å². The van der Waals surface area contributed by atoms with Crippen LogP contribution in [0, 0.1) is 5.82 Å². The Hall–Kier alpha value is -2.70. The monoisotopic (exact) mass is 336 g/mol. The summed E-state index contributed by atoms with van der Waals surface area (Å²) in [6.45, 7) is 4.74. The zero-order chi connectivity index (χ0) is 18.1. The normalized spacial score (nSPS) is 12.8. The first-order valence-electron chi connectivity index (χ1n) is 7.49. The van der Waals surface area contributed by atoms with Gasteiger partial charge in [0, 0.05) is 13.3 Å². The molecule has 0 unspecified atom stereocenters. The van der Waals surface area contributed by atoms with E-state index in [2.05, 4.69) is 17.2 Å². The molecule has 0 saturated heterocycles. The number of halogens is 1. The van der Waals surface area contributed by atoms with Crippen molar-refractivity contribution in [1.29, 1.82) is 0 Å². The maximum atomic E-state index is 13.8. The molecule has 0 aliphatic carbocycles. The van der Waals surface area contributed by atoms with Gasteiger partial charge in [-0.25, -0.2) is 9.18 Å². The molecule has 0 saturated carbocycles. The smallest absolute Gasteiger partial charge is 0.326 e. The number of benzene rings is 1. The number of carbonyl (C=O) groups excluding carboxylic acids is 2. The van der Waals surface area contributed by atoms with Gasteiger partial charge in [-0.3, -0.25) is 9.59 Å². The van der Waals surface area contributed by atoms with E-state index in [0.29, 0.717) is 6.42 Å². The first-order chi connectivity index (χ1) is 11.3. The fraction of sp³-hybridized carbons (Fsp3) is 0.353. The Kier molecular flexibility index (Phi) is 7.61. The predicted octanol–water partition coefficient (Wildman–Crippen LogP) is 1.41. The Morgan fingerprint density at radius 1 is 1.25 bits per heavy atom. The van der Waals surface area contributed by atoms with Crippen molar-refractivity contribution in [3.8, 4) is 0 Å². The van der Waals surface area contributed by atoms with Crippen LogP contribution in [0.1, 0.15) is 25.3 Å². The number of hydrogen-bond donors (Lipinski definition) is 3. The van der Waals surface area contributed by atoms with Crippen LogP contribution in [0.4, 0.5) is 4.39 Å². The fourth-order valence-corrected chi connectivity index (χ4v) is 2.15. The van der Waals surface area contributed by atoms with E-state index in [1.807, 2.05) is 0 Å². The highest BCUT2D eigenvalue weighted by Crippen LogP contribution is 2.10. The zero-order valence-electron chi connectivity index (χ0n) is 13.4. The largest absolute Gasteiger partial charge is 0.480 e. The third kappa shape index (κ3) is 6.20. The molecule has 2 atom stereocenters. The molecule has 3 N–H and O–H groups in total. The van der Waals surface area contributed by atoms with Crippen molar-refractivity contribution in [2.75, 3.05) is 0 Å². The van der Waals surface area contributed by atoms with Crippen LogP contribution < -0.4 is 10.6 Å². The van der Waals surface area contributed by atoms with Crippen LogP contribution in [-0.4, -0.2) is 35.0 Å². The molecule has 6 nitrogen and oxygen atoms in total. The summed E-state index contributed by atoms with van der Waals surface area (Å²) in [7, 11) is 0. The van der Waals surface area contributed by atoms with Crippen LogP contribution >= 0.6 is 0 Å². The zero-order valence-corrected chi connectivity index (χ0v) is 13.4. The lowest BCUT2D eigenvalue weighted by Gasteiger charge is -2.21. The number of aliphatic carboxylic acids is 1. The minimum Gasteiger partial charge on any atom is -0.480 e. The van der Waals surface area contributed by atoms with Crippen molar-refractivity contribution in [2.24, 2.45) is 0 Å². The molecular weight excluding hydrogens is 315 g/mol. The summed E-state index contributed by atoms with van der Waals surface area (Å²) in [5, 5.41) is 13.9. The third-order valence-corrected chi connectivity index (χ3v) is 3.35. The molecule has 0 spiro atoms. The molecule has 0 heterocycles. The summed E-state index contributed by atoms with van der Waals surface area (Å²) in [6.07, 6.45) is 2.06. The number of allylic oxidation sites excluding steroid dienone is 1. The van der Waals surface area contributed by atoms with Crippen LogP contribution in [-0.2, 0) is 20.8 Å². The van der Waals surface area contributed by atoms with E-state index in [-0.39, 0.29) is 18.4 Å². The van der Waals surface area contributed by atoms with Gasteiger partial charge in [-0.1, -0.05) is 24.3 Å². The molecule has 0 radical (unpaired) electrons. The Bertz CT molecular complexity index is 618. The van der Waals surface area contributed by atoms with Crippen LogP contribution in [0.5, 0.6) is 0 Å². The van der Waals surface area contributed by atoms with E-state index in [9.17, 15) is 18.8 Å². The van der Waals surface area contributed by atoms with Crippen molar-refractivity contribution in [3.05, 3.63) is 48.3 Å². The van der Waals surface area contributed by atoms with E-state index in [0.717, 1.165) is 0 Å². The summed E-state index contributed by atoms with van der Waals surface area (Å²) in [5.41, 5.74) is 0.254. The second kappa shape index (κ2) is 9.44. The quantitative estimate of drug-likeness (QED) is 0.594. The Labute approximate surface area is 139 Å². The molecule has 0 fully saturated rings. The van der Waals surface area contributed by atoms with E-state index in [1.165, 1.54) is 25.1 Å². The number of amides is 2. The highest BCUT2D eigenvalue weighted by molar-refractivity contribution is 5.90. The maximum absolute atomic E-state index is 13.8. The van der Waals surface area contributed by atoms with Gasteiger partial charge in [0.25, 0.3) is 0 Å². The summed E-state index contributed by atoms with van der Waals surface area (Å²) in [4.78, 5) is 34.8. The van der Waals surface area contributed by atoms with Crippen LogP contribution in [0.3, 0.4) is 0 Å². The van der Waals surface area contributed by atoms with Crippen LogP contribution in [0.25, 0.3) is 0 Å². The molecule has 0 aliphatic rings. The number of carbonyl (C=O) groups is 3. The molecule has 1 aromatic rings. The summed E-state index contributed by atoms with van der Waals surface area (Å²) in [5.74, 6) is -2.82. The van der Waals surface area contributed by atoms with Gasteiger partial charge in [-0.05, 0) is 24.5 Å². The van der Waals surface area contributed by atoms with Gasteiger partial charge in [0.15, 0.2) is 0 Å². The summed E-state index contributed by atoms with van der Waals surface area (Å²) < 4.78 is 13.8. The fourth-order valence-electron chi connectivity index (χ4n) is 2.15. The topological polar surface area (TPSA) is 95.5 Å². The first kappa shape index (κ1) is 19.3. The Morgan fingerprint density at radius 3 is 2.46 bits per heavy atom. The third-order valence-electron chi connectivity index (χ3n) is 3.35. The minimum atomic E-state index is -1.18. The Balaban J connectivity index is 2.87. The average Bonchev–Trinajstić information content (AvgIpc) is 2.51. The van der Waals surface area contributed by atoms with Gasteiger partial charge in [-0.15, -0.1) is 6.58 Å². The molecular formula is C17H21FN2O4. The molecule has 1 rings (SSSR count). The average molecular weight is 336 g/mol. The predicted molar refractivity (Wildman–Crippen MR) is 86.7 cm³/mol. The van der Waals surface area contributed by atoms with Crippen molar-refractivity contribution in [3.63, 3.8) is 0 Å². The number of hydrogen-bond acceptors (Lipinski definition) is 3. The number of nitrogens with one attached hydrogen (secondary N) is 2. The Morgan fingerprint density at radius 2 is 1.92 bits per heavy atom. The molecule has 0 aromatic heterocycles. The van der Waals surface area contributed by atoms with Crippen LogP contribution in [0.2, 0.25) is 0 Å². The summed E-state index contributed by atoms with van der Waals surface area (Å²) in [6, 6.07) is 3.72. The lowest BCUT2D eigenvalue weighted by atomic mass is 10.0. The van der Waals surface area contributed by atoms with Gasteiger partial charge in [0.1, 0.15) is 17.9 Å². The van der Waals surface area contributed by atoms with E-state index >= 15 is 0 Å². The second-order valence-corrected chi connectivity index (χ2v) is 5.31. The van der Waals surface area contributed by atoms with Crippen molar-refractivity contribution >= 4 is 17.8 Å². The molecule has 7 heteroatoms. The molecule has 130 valence electrons. The van der Waals surface area contributed by atoms with Crippen molar-refractivity contribution < 1.29 is 23.9 Å². The molecule has 0 aliphatic heterocycles.